The Kier molecular flexibility index (Phi) is 5.72. The van der Waals surface area contributed by atoms with Crippen LogP contribution in [0.5, 0.6) is 11.5 Å². The number of benzene rings is 2. The minimum Gasteiger partial charge on any atom is -0.457 e. The van der Waals surface area contributed by atoms with E-state index in [2.05, 4.69) is 9.83 Å². The number of aromatic nitrogens is 1. The van der Waals surface area contributed by atoms with Gasteiger partial charge in [-0.2, -0.15) is 0 Å². The van der Waals surface area contributed by atoms with Crippen molar-refractivity contribution in [3.8, 4) is 11.5 Å². The van der Waals surface area contributed by atoms with Gasteiger partial charge in [-0.15, -0.1) is 0 Å². The lowest BCUT2D eigenvalue weighted by molar-refractivity contribution is 0.163. The zero-order valence-corrected chi connectivity index (χ0v) is 17.4. The first-order chi connectivity index (χ1) is 15.0. The Bertz CT molecular complexity index is 1110. The van der Waals surface area contributed by atoms with E-state index < -0.39 is 0 Å². The number of carbonyl (C=O) groups is 1. The molecule has 0 unspecified atom stereocenters. The number of rotatable bonds is 6. The van der Waals surface area contributed by atoms with E-state index >= 15 is 0 Å². The number of amides is 1. The van der Waals surface area contributed by atoms with Crippen molar-refractivity contribution in [1.29, 1.82) is 0 Å². The molecular formula is C24H22N4O3. The summed E-state index contributed by atoms with van der Waals surface area (Å²) in [5.74, 6) is 2.06. The second-order valence-corrected chi connectivity index (χ2v) is 7.30. The Labute approximate surface area is 181 Å². The van der Waals surface area contributed by atoms with Crippen LogP contribution < -0.4 is 9.64 Å². The lowest BCUT2D eigenvalue weighted by Crippen LogP contribution is -2.30. The number of hydrogen-bond donors (Lipinski definition) is 0. The van der Waals surface area contributed by atoms with Crippen LogP contribution in [0.3, 0.4) is 0 Å². The molecule has 0 saturated carbocycles. The molecule has 1 fully saturated rings. The van der Waals surface area contributed by atoms with Crippen molar-refractivity contribution in [3.63, 3.8) is 0 Å². The van der Waals surface area contributed by atoms with Crippen molar-refractivity contribution in [3.05, 3.63) is 83.8 Å². The molecule has 2 aromatic carbocycles. The summed E-state index contributed by atoms with van der Waals surface area (Å²) in [7, 11) is 3.64. The third-order valence-corrected chi connectivity index (χ3v) is 5.29. The van der Waals surface area contributed by atoms with Gasteiger partial charge in [0, 0.05) is 26.0 Å². The zero-order valence-electron chi connectivity index (χ0n) is 17.4. The third kappa shape index (κ3) is 4.43. The first-order valence-electron chi connectivity index (χ1n) is 9.88. The van der Waals surface area contributed by atoms with E-state index in [1.165, 1.54) is 0 Å². The van der Waals surface area contributed by atoms with E-state index in [9.17, 15) is 4.79 Å². The molecule has 1 atom stereocenters. The van der Waals surface area contributed by atoms with Gasteiger partial charge in [0.2, 0.25) is 5.69 Å². The number of hydrogen-bond acceptors (Lipinski definition) is 5. The lowest BCUT2D eigenvalue weighted by Gasteiger charge is -2.20. The van der Waals surface area contributed by atoms with Crippen LogP contribution >= 0.6 is 0 Å². The molecular weight excluding hydrogens is 392 g/mol. The quantitative estimate of drug-likeness (QED) is 0.520. The van der Waals surface area contributed by atoms with Gasteiger partial charge >= 0.3 is 6.09 Å². The fourth-order valence-electron chi connectivity index (χ4n) is 3.42. The molecule has 1 saturated heterocycles. The van der Waals surface area contributed by atoms with Crippen LogP contribution in [0.4, 0.5) is 22.0 Å². The molecule has 1 aliphatic rings. The summed E-state index contributed by atoms with van der Waals surface area (Å²) in [6.45, 7) is 7.73. The van der Waals surface area contributed by atoms with E-state index in [0.717, 1.165) is 23.4 Å². The van der Waals surface area contributed by atoms with E-state index in [0.29, 0.717) is 23.9 Å². The molecule has 31 heavy (non-hydrogen) atoms. The van der Waals surface area contributed by atoms with Crippen molar-refractivity contribution in [2.24, 2.45) is 0 Å². The average molecular weight is 414 g/mol. The lowest BCUT2D eigenvalue weighted by atomic mass is 10.1. The van der Waals surface area contributed by atoms with Crippen LogP contribution in [0.15, 0.2) is 66.9 Å². The van der Waals surface area contributed by atoms with Gasteiger partial charge in [-0.05, 0) is 48.4 Å². The second-order valence-electron chi connectivity index (χ2n) is 7.30. The van der Waals surface area contributed by atoms with Crippen LogP contribution in [0, 0.1) is 6.57 Å². The molecule has 4 rings (SSSR count). The molecule has 0 N–H and O–H groups in total. The molecule has 0 spiro atoms. The van der Waals surface area contributed by atoms with Gasteiger partial charge in [0.1, 0.15) is 23.9 Å². The number of cyclic esters (lactones) is 1. The van der Waals surface area contributed by atoms with Gasteiger partial charge < -0.3 is 19.3 Å². The number of pyridine rings is 1. The van der Waals surface area contributed by atoms with Gasteiger partial charge in [-0.25, -0.2) is 9.64 Å². The number of anilines is 2. The fraction of sp³-hybridized carbons (Fsp3) is 0.208. The van der Waals surface area contributed by atoms with Crippen LogP contribution in [-0.4, -0.2) is 42.7 Å². The fourth-order valence-corrected chi connectivity index (χ4v) is 3.42. The Morgan fingerprint density at radius 2 is 1.84 bits per heavy atom. The first kappa shape index (κ1) is 20.2. The number of likely N-dealkylation sites (N-methyl/N-ethyl adjacent to an activating group) is 1. The molecule has 2 heterocycles. The summed E-state index contributed by atoms with van der Waals surface area (Å²) >= 11 is 0. The maximum atomic E-state index is 11.5. The monoisotopic (exact) mass is 414 g/mol. The van der Waals surface area contributed by atoms with Crippen molar-refractivity contribution >= 4 is 23.3 Å². The molecule has 0 radical (unpaired) electrons. The van der Waals surface area contributed by atoms with Crippen molar-refractivity contribution in [2.45, 2.75) is 12.5 Å². The highest BCUT2D eigenvalue weighted by molar-refractivity contribution is 5.73. The minimum absolute atomic E-state index is 0.0614. The Balaban J connectivity index is 1.40. The molecule has 3 aromatic rings. The second kappa shape index (κ2) is 8.76. The number of ether oxygens (including phenoxy) is 2. The van der Waals surface area contributed by atoms with Crippen LogP contribution in [0.25, 0.3) is 4.85 Å². The highest BCUT2D eigenvalue weighted by Gasteiger charge is 2.29. The zero-order chi connectivity index (χ0) is 21.8. The molecule has 0 aliphatic carbocycles. The van der Waals surface area contributed by atoms with Gasteiger partial charge in [0.25, 0.3) is 0 Å². The van der Waals surface area contributed by atoms with E-state index in [1.54, 1.807) is 30.3 Å². The first-order valence-corrected chi connectivity index (χ1v) is 9.88. The molecule has 1 aliphatic heterocycles. The Morgan fingerprint density at radius 1 is 1.16 bits per heavy atom. The van der Waals surface area contributed by atoms with Crippen LogP contribution in [0.1, 0.15) is 5.56 Å². The molecule has 7 nitrogen and oxygen atoms in total. The summed E-state index contributed by atoms with van der Waals surface area (Å²) < 4.78 is 11.0. The SMILES string of the molecule is [C-]#[N+]c1cccnc1N(C)c1ccc(Oc2ccc(C[C@H]3COC(=O)N3C)cc2)cc1. The molecule has 156 valence electrons. The summed E-state index contributed by atoms with van der Waals surface area (Å²) in [4.78, 5) is 22.8. The highest BCUT2D eigenvalue weighted by atomic mass is 16.6. The topological polar surface area (TPSA) is 59.3 Å². The van der Waals surface area contributed by atoms with Gasteiger partial charge in [-0.3, -0.25) is 4.98 Å². The smallest absolute Gasteiger partial charge is 0.409 e. The molecule has 0 bridgehead atoms. The van der Waals surface area contributed by atoms with Gasteiger partial charge in [0.05, 0.1) is 12.6 Å². The van der Waals surface area contributed by atoms with E-state index in [1.807, 2.05) is 60.5 Å². The standard InChI is InChI=1S/C24H22N4O3/c1-25-22-5-4-14-26-23(22)27(2)18-8-12-21(13-9-18)31-20-10-6-17(7-11-20)15-19-16-30-24(29)28(19)3/h4-14,19H,15-16H2,2-3H3/t19-/m0/s1. The summed E-state index contributed by atoms with van der Waals surface area (Å²) in [5.41, 5.74) is 2.53. The molecule has 1 aromatic heterocycles. The van der Waals surface area contributed by atoms with Crippen molar-refractivity contribution in [2.75, 3.05) is 25.6 Å². The molecule has 1 amide bonds. The minimum atomic E-state index is -0.271. The predicted octanol–water partition coefficient (Wildman–Crippen LogP) is 5.19. The third-order valence-electron chi connectivity index (χ3n) is 5.29. The van der Waals surface area contributed by atoms with E-state index in [-0.39, 0.29) is 12.1 Å². The van der Waals surface area contributed by atoms with Gasteiger partial charge in [-0.1, -0.05) is 24.3 Å². The molecule has 7 heteroatoms. The summed E-state index contributed by atoms with van der Waals surface area (Å²) in [6, 6.07) is 19.0. The Hall–Kier alpha value is -4.05. The maximum Gasteiger partial charge on any atom is 0.409 e. The number of carbonyl (C=O) groups excluding carboxylic acids is 1. The van der Waals surface area contributed by atoms with E-state index in [4.69, 9.17) is 16.0 Å². The maximum absolute atomic E-state index is 11.5. The predicted molar refractivity (Wildman–Crippen MR) is 118 cm³/mol. The van der Waals surface area contributed by atoms with Gasteiger partial charge in [0.15, 0.2) is 0 Å². The average Bonchev–Trinajstić information content (AvgIpc) is 3.12. The Morgan fingerprint density at radius 3 is 2.45 bits per heavy atom. The summed E-state index contributed by atoms with van der Waals surface area (Å²) in [6.07, 6.45) is 2.15. The van der Waals surface area contributed by atoms with Crippen LogP contribution in [-0.2, 0) is 11.2 Å². The largest absolute Gasteiger partial charge is 0.457 e. The van der Waals surface area contributed by atoms with Crippen molar-refractivity contribution < 1.29 is 14.3 Å². The van der Waals surface area contributed by atoms with Crippen LogP contribution in [0.2, 0.25) is 0 Å². The highest BCUT2D eigenvalue weighted by Crippen LogP contribution is 2.32. The van der Waals surface area contributed by atoms with Crippen molar-refractivity contribution in [1.82, 2.24) is 9.88 Å². The summed E-state index contributed by atoms with van der Waals surface area (Å²) in [5, 5.41) is 0. The number of nitrogens with zero attached hydrogens (tertiary/aromatic N) is 4. The normalized spacial score (nSPS) is 15.3.